The Balaban J connectivity index is 2.13. The molecule has 1 atom stereocenters. The second-order valence-electron chi connectivity index (χ2n) is 6.60. The smallest absolute Gasteiger partial charge is 0.331 e. The van der Waals surface area contributed by atoms with Crippen LogP contribution in [0.25, 0.3) is 6.08 Å². The van der Waals surface area contributed by atoms with Gasteiger partial charge in [-0.15, -0.1) is 0 Å². The van der Waals surface area contributed by atoms with Gasteiger partial charge in [0, 0.05) is 29.9 Å². The average molecular weight is 438 g/mol. The van der Waals surface area contributed by atoms with Gasteiger partial charge in [-0.05, 0) is 31.2 Å². The molecule has 1 unspecified atom stereocenters. The molecule has 0 spiro atoms. The molecule has 0 bridgehead atoms. The summed E-state index contributed by atoms with van der Waals surface area (Å²) in [4.78, 5) is 26.7. The number of nitrogens with zero attached hydrogens (tertiary/aromatic N) is 2. The van der Waals surface area contributed by atoms with Gasteiger partial charge in [-0.25, -0.2) is 4.79 Å². The highest BCUT2D eigenvalue weighted by atomic mass is 16.5. The number of anilines is 1. The maximum Gasteiger partial charge on any atom is 0.331 e. The van der Waals surface area contributed by atoms with Gasteiger partial charge in [0.15, 0.2) is 17.6 Å². The molecule has 0 aliphatic carbocycles. The van der Waals surface area contributed by atoms with E-state index in [1.54, 1.807) is 36.4 Å². The summed E-state index contributed by atoms with van der Waals surface area (Å²) < 4.78 is 21.1. The van der Waals surface area contributed by atoms with Crippen LogP contribution in [0.5, 0.6) is 17.2 Å². The van der Waals surface area contributed by atoms with Crippen LogP contribution in [0.3, 0.4) is 0 Å². The highest BCUT2D eigenvalue weighted by molar-refractivity contribution is 5.98. The van der Waals surface area contributed by atoms with Crippen molar-refractivity contribution in [1.82, 2.24) is 0 Å². The van der Waals surface area contributed by atoms with Crippen molar-refractivity contribution in [2.24, 2.45) is 0 Å². The zero-order valence-corrected chi connectivity index (χ0v) is 18.5. The second-order valence-corrected chi connectivity index (χ2v) is 6.60. The van der Waals surface area contributed by atoms with Crippen molar-refractivity contribution in [2.45, 2.75) is 19.4 Å². The van der Waals surface area contributed by atoms with Gasteiger partial charge in [-0.2, -0.15) is 5.26 Å². The summed E-state index contributed by atoms with van der Waals surface area (Å²) in [6, 6.07) is 14.2. The molecule has 0 saturated carbocycles. The van der Waals surface area contributed by atoms with Crippen molar-refractivity contribution in [1.29, 1.82) is 5.26 Å². The second kappa shape index (κ2) is 12.0. The molecule has 2 rings (SSSR count). The Morgan fingerprint density at radius 1 is 1.03 bits per heavy atom. The topological polar surface area (TPSA) is 98.1 Å². The molecular weight excluding hydrogens is 412 g/mol. The Morgan fingerprint density at radius 3 is 2.25 bits per heavy atom. The first-order chi connectivity index (χ1) is 15.4. The predicted molar refractivity (Wildman–Crippen MR) is 120 cm³/mol. The van der Waals surface area contributed by atoms with Crippen LogP contribution in [0.1, 0.15) is 18.9 Å². The largest absolute Gasteiger partial charge is 0.496 e. The van der Waals surface area contributed by atoms with Gasteiger partial charge in [0.2, 0.25) is 0 Å². The van der Waals surface area contributed by atoms with Crippen molar-refractivity contribution in [3.05, 3.63) is 54.1 Å². The first-order valence-electron chi connectivity index (χ1n) is 9.87. The number of para-hydroxylation sites is 1. The van der Waals surface area contributed by atoms with Crippen molar-refractivity contribution >= 4 is 23.6 Å². The number of esters is 1. The van der Waals surface area contributed by atoms with Gasteiger partial charge < -0.3 is 23.8 Å². The monoisotopic (exact) mass is 438 g/mol. The van der Waals surface area contributed by atoms with Crippen LogP contribution >= 0.6 is 0 Å². The number of hydrogen-bond donors (Lipinski definition) is 0. The number of amides is 1. The van der Waals surface area contributed by atoms with Crippen molar-refractivity contribution < 1.29 is 28.5 Å². The molecular formula is C24H26N2O6. The number of carbonyl (C=O) groups is 2. The summed E-state index contributed by atoms with van der Waals surface area (Å²) in [5.74, 6) is 0.318. The van der Waals surface area contributed by atoms with Gasteiger partial charge in [0.1, 0.15) is 5.75 Å². The van der Waals surface area contributed by atoms with Gasteiger partial charge in [-0.3, -0.25) is 4.79 Å². The van der Waals surface area contributed by atoms with E-state index in [4.69, 9.17) is 24.2 Å². The third kappa shape index (κ3) is 6.25. The Hall–Kier alpha value is -3.99. The molecule has 1 amide bonds. The van der Waals surface area contributed by atoms with E-state index in [1.807, 2.05) is 12.1 Å². The fourth-order valence-corrected chi connectivity index (χ4v) is 2.96. The van der Waals surface area contributed by atoms with Crippen LogP contribution in [-0.2, 0) is 14.3 Å². The van der Waals surface area contributed by atoms with Crippen LogP contribution in [0.4, 0.5) is 5.69 Å². The molecule has 2 aromatic rings. The zero-order chi connectivity index (χ0) is 23.5. The van der Waals surface area contributed by atoms with Gasteiger partial charge in [-0.1, -0.05) is 18.2 Å². The van der Waals surface area contributed by atoms with E-state index in [0.29, 0.717) is 28.5 Å². The quantitative estimate of drug-likeness (QED) is 0.413. The number of benzene rings is 2. The van der Waals surface area contributed by atoms with Crippen molar-refractivity contribution in [2.75, 3.05) is 32.8 Å². The molecule has 0 saturated heterocycles. The predicted octanol–water partition coefficient (Wildman–Crippen LogP) is 3.60. The highest BCUT2D eigenvalue weighted by Crippen LogP contribution is 2.35. The van der Waals surface area contributed by atoms with Gasteiger partial charge in [0.05, 0.1) is 33.8 Å². The van der Waals surface area contributed by atoms with E-state index in [9.17, 15) is 9.59 Å². The van der Waals surface area contributed by atoms with E-state index < -0.39 is 18.0 Å². The summed E-state index contributed by atoms with van der Waals surface area (Å²) in [6.45, 7) is 1.69. The molecule has 168 valence electrons. The summed E-state index contributed by atoms with van der Waals surface area (Å²) in [7, 11) is 4.51. The lowest BCUT2D eigenvalue weighted by Crippen LogP contribution is -2.40. The number of hydrogen-bond acceptors (Lipinski definition) is 7. The maximum absolute atomic E-state index is 12.9. The molecule has 2 aromatic carbocycles. The van der Waals surface area contributed by atoms with Crippen LogP contribution in [0, 0.1) is 11.3 Å². The summed E-state index contributed by atoms with van der Waals surface area (Å²) >= 11 is 0. The lowest BCUT2D eigenvalue weighted by Gasteiger charge is -2.24. The van der Waals surface area contributed by atoms with Crippen LogP contribution < -0.4 is 19.1 Å². The number of methoxy groups -OCH3 is 3. The van der Waals surface area contributed by atoms with E-state index in [2.05, 4.69) is 0 Å². The van der Waals surface area contributed by atoms with Crippen molar-refractivity contribution in [3.8, 4) is 23.3 Å². The summed E-state index contributed by atoms with van der Waals surface area (Å²) in [6.07, 6.45) is 1.82. The number of rotatable bonds is 10. The third-order valence-corrected chi connectivity index (χ3v) is 4.56. The molecule has 0 N–H and O–H groups in total. The lowest BCUT2D eigenvalue weighted by atomic mass is 10.1. The first-order valence-corrected chi connectivity index (χ1v) is 9.87. The molecule has 0 aliphatic heterocycles. The number of carbonyl (C=O) groups excluding carboxylic acids is 2. The zero-order valence-electron chi connectivity index (χ0n) is 18.5. The van der Waals surface area contributed by atoms with Gasteiger partial charge in [0.25, 0.3) is 5.91 Å². The molecule has 0 aliphatic rings. The standard InChI is InChI=1S/C24H26N2O6/c1-17(24(28)26(14-8-13-25)19-9-6-5-7-10-19)32-23(27)12-11-18-15-21(30-3)22(31-4)16-20(18)29-2/h5-7,9-12,15-17H,8,14H2,1-4H3/b12-11+. The molecule has 8 nitrogen and oxygen atoms in total. The normalized spacial score (nSPS) is 11.3. The van der Waals surface area contributed by atoms with E-state index in [-0.39, 0.29) is 13.0 Å². The maximum atomic E-state index is 12.9. The molecule has 8 heteroatoms. The highest BCUT2D eigenvalue weighted by Gasteiger charge is 2.24. The Bertz CT molecular complexity index is 998. The molecule has 0 heterocycles. The fourth-order valence-electron chi connectivity index (χ4n) is 2.96. The van der Waals surface area contributed by atoms with Crippen LogP contribution in [0.2, 0.25) is 0 Å². The Labute approximate surface area is 187 Å². The molecule has 0 radical (unpaired) electrons. The summed E-state index contributed by atoms with van der Waals surface area (Å²) in [5, 5.41) is 8.91. The molecule has 32 heavy (non-hydrogen) atoms. The third-order valence-electron chi connectivity index (χ3n) is 4.56. The average Bonchev–Trinajstić information content (AvgIpc) is 2.82. The lowest BCUT2D eigenvalue weighted by molar-refractivity contribution is -0.149. The van der Waals surface area contributed by atoms with Crippen LogP contribution in [0.15, 0.2) is 48.5 Å². The minimum absolute atomic E-state index is 0.153. The Kier molecular flexibility index (Phi) is 9.11. The number of ether oxygens (including phenoxy) is 4. The summed E-state index contributed by atoms with van der Waals surface area (Å²) in [5.41, 5.74) is 1.20. The van der Waals surface area contributed by atoms with E-state index in [1.165, 1.54) is 45.3 Å². The van der Waals surface area contributed by atoms with E-state index >= 15 is 0 Å². The first kappa shape index (κ1) is 24.3. The molecule has 0 aromatic heterocycles. The number of nitriles is 1. The van der Waals surface area contributed by atoms with Crippen LogP contribution in [-0.4, -0.2) is 45.9 Å². The van der Waals surface area contributed by atoms with E-state index in [0.717, 1.165) is 0 Å². The van der Waals surface area contributed by atoms with Gasteiger partial charge >= 0.3 is 5.97 Å². The Morgan fingerprint density at radius 2 is 1.66 bits per heavy atom. The van der Waals surface area contributed by atoms with Crippen molar-refractivity contribution in [3.63, 3.8) is 0 Å². The SMILES string of the molecule is COc1cc(OC)c(OC)cc1/C=C/C(=O)OC(C)C(=O)N(CCC#N)c1ccccc1. The molecule has 0 fully saturated rings. The minimum atomic E-state index is -1.04. The minimum Gasteiger partial charge on any atom is -0.496 e. The fraction of sp³-hybridized carbons (Fsp3) is 0.292.